The predicted molar refractivity (Wildman–Crippen MR) is 115 cm³/mol. The maximum absolute atomic E-state index is 12.7. The molecule has 7 nitrogen and oxygen atoms in total. The second-order valence-electron chi connectivity index (χ2n) is 7.32. The number of piperazine rings is 1. The Morgan fingerprint density at radius 3 is 2.45 bits per heavy atom. The van der Waals surface area contributed by atoms with Gasteiger partial charge in [-0.3, -0.25) is 14.4 Å². The van der Waals surface area contributed by atoms with Crippen molar-refractivity contribution in [3.8, 4) is 5.75 Å². The van der Waals surface area contributed by atoms with Crippen molar-refractivity contribution in [1.82, 2.24) is 10.2 Å². The first-order chi connectivity index (χ1) is 15.1. The molecule has 7 heteroatoms. The van der Waals surface area contributed by atoms with Crippen LogP contribution in [0.15, 0.2) is 60.7 Å². The van der Waals surface area contributed by atoms with Crippen molar-refractivity contribution in [2.45, 2.75) is 31.7 Å². The molecule has 1 aliphatic heterocycles. The van der Waals surface area contributed by atoms with Crippen molar-refractivity contribution < 1.29 is 23.9 Å². The zero-order chi connectivity index (χ0) is 21.9. The second-order valence-corrected chi connectivity index (χ2v) is 7.32. The number of carbonyl (C=O) groups excluding carboxylic acids is 3. The summed E-state index contributed by atoms with van der Waals surface area (Å²) < 4.78 is 10.7. The fourth-order valence-electron chi connectivity index (χ4n) is 3.50. The van der Waals surface area contributed by atoms with E-state index in [1.807, 2.05) is 60.7 Å². The Labute approximate surface area is 182 Å². The summed E-state index contributed by atoms with van der Waals surface area (Å²) in [5.74, 6) is -0.269. The van der Waals surface area contributed by atoms with Gasteiger partial charge in [0.1, 0.15) is 25.0 Å². The van der Waals surface area contributed by atoms with Gasteiger partial charge >= 0.3 is 5.97 Å². The standard InChI is InChI=1S/C24H28N2O5/c27-22(13-7-10-19-8-3-1-4-9-19)26-15-14-25-24(29)21(26)18-23(28)31-17-16-30-20-11-5-2-6-12-20/h1-6,8-9,11-12,21H,7,10,13-18H2,(H,25,29). The summed E-state index contributed by atoms with van der Waals surface area (Å²) in [6, 6.07) is 18.3. The van der Waals surface area contributed by atoms with Crippen molar-refractivity contribution in [3.63, 3.8) is 0 Å². The number of para-hydroxylation sites is 1. The molecule has 0 aromatic heterocycles. The predicted octanol–water partition coefficient (Wildman–Crippen LogP) is 2.35. The highest BCUT2D eigenvalue weighted by atomic mass is 16.6. The topological polar surface area (TPSA) is 84.9 Å². The highest BCUT2D eigenvalue weighted by molar-refractivity contribution is 5.91. The Morgan fingerprint density at radius 2 is 1.71 bits per heavy atom. The summed E-state index contributed by atoms with van der Waals surface area (Å²) in [6.07, 6.45) is 1.65. The molecule has 2 aromatic carbocycles. The van der Waals surface area contributed by atoms with E-state index in [2.05, 4.69) is 5.32 Å². The van der Waals surface area contributed by atoms with E-state index in [4.69, 9.17) is 9.47 Å². The average molecular weight is 424 g/mol. The lowest BCUT2D eigenvalue weighted by atomic mass is 10.1. The van der Waals surface area contributed by atoms with Crippen LogP contribution in [0.5, 0.6) is 5.75 Å². The fourth-order valence-corrected chi connectivity index (χ4v) is 3.50. The van der Waals surface area contributed by atoms with Crippen molar-refractivity contribution in [1.29, 1.82) is 0 Å². The Kier molecular flexibility index (Phi) is 8.46. The van der Waals surface area contributed by atoms with Gasteiger partial charge in [-0.05, 0) is 30.5 Å². The lowest BCUT2D eigenvalue weighted by Crippen LogP contribution is -2.57. The first-order valence-electron chi connectivity index (χ1n) is 10.6. The molecule has 1 unspecified atom stereocenters. The van der Waals surface area contributed by atoms with E-state index in [-0.39, 0.29) is 31.4 Å². The van der Waals surface area contributed by atoms with Gasteiger partial charge in [-0.2, -0.15) is 0 Å². The Bertz CT molecular complexity index is 857. The Morgan fingerprint density at radius 1 is 1.00 bits per heavy atom. The van der Waals surface area contributed by atoms with Crippen molar-refractivity contribution in [3.05, 3.63) is 66.2 Å². The van der Waals surface area contributed by atoms with Crippen LogP contribution in [0.1, 0.15) is 24.8 Å². The first-order valence-corrected chi connectivity index (χ1v) is 10.6. The highest BCUT2D eigenvalue weighted by Crippen LogP contribution is 2.14. The van der Waals surface area contributed by atoms with Gasteiger partial charge in [0.05, 0.1) is 6.42 Å². The molecule has 31 heavy (non-hydrogen) atoms. The molecule has 3 rings (SSSR count). The summed E-state index contributed by atoms with van der Waals surface area (Å²) in [4.78, 5) is 38.8. The molecule has 2 amide bonds. The minimum atomic E-state index is -0.833. The summed E-state index contributed by atoms with van der Waals surface area (Å²) >= 11 is 0. The molecule has 1 atom stereocenters. The smallest absolute Gasteiger partial charge is 0.308 e. The van der Waals surface area contributed by atoms with Gasteiger partial charge in [0.2, 0.25) is 11.8 Å². The summed E-state index contributed by atoms with van der Waals surface area (Å²) in [5.41, 5.74) is 1.17. The summed E-state index contributed by atoms with van der Waals surface area (Å²) in [7, 11) is 0. The molecule has 0 saturated carbocycles. The molecule has 1 saturated heterocycles. The Balaban J connectivity index is 1.43. The molecular weight excluding hydrogens is 396 g/mol. The van der Waals surface area contributed by atoms with Gasteiger partial charge in [0, 0.05) is 19.5 Å². The first kappa shape index (κ1) is 22.3. The van der Waals surface area contributed by atoms with E-state index < -0.39 is 12.0 Å². The third kappa shape index (κ3) is 7.13. The molecule has 1 N–H and O–H groups in total. The van der Waals surface area contributed by atoms with E-state index in [0.29, 0.717) is 31.7 Å². The minimum absolute atomic E-state index is 0.0765. The van der Waals surface area contributed by atoms with Crippen molar-refractivity contribution in [2.24, 2.45) is 0 Å². The van der Waals surface area contributed by atoms with Gasteiger partial charge in [0.15, 0.2) is 0 Å². The third-order valence-corrected chi connectivity index (χ3v) is 5.07. The maximum atomic E-state index is 12.7. The van der Waals surface area contributed by atoms with Crippen LogP contribution in [0, 0.1) is 0 Å². The van der Waals surface area contributed by atoms with E-state index >= 15 is 0 Å². The zero-order valence-electron chi connectivity index (χ0n) is 17.5. The molecule has 164 valence electrons. The average Bonchev–Trinajstić information content (AvgIpc) is 2.79. The molecule has 0 aliphatic carbocycles. The number of amides is 2. The number of hydrogen-bond acceptors (Lipinski definition) is 5. The number of nitrogens with one attached hydrogen (secondary N) is 1. The minimum Gasteiger partial charge on any atom is -0.490 e. The normalized spacial score (nSPS) is 15.8. The van der Waals surface area contributed by atoms with Gasteiger partial charge in [0.25, 0.3) is 0 Å². The van der Waals surface area contributed by atoms with Crippen LogP contribution in [0.25, 0.3) is 0 Å². The van der Waals surface area contributed by atoms with Crippen LogP contribution in [0.3, 0.4) is 0 Å². The monoisotopic (exact) mass is 424 g/mol. The Hall–Kier alpha value is -3.35. The van der Waals surface area contributed by atoms with Gasteiger partial charge < -0.3 is 19.7 Å². The molecule has 1 aliphatic rings. The van der Waals surface area contributed by atoms with Crippen LogP contribution in [-0.2, 0) is 25.5 Å². The fraction of sp³-hybridized carbons (Fsp3) is 0.375. The number of hydrogen-bond donors (Lipinski definition) is 1. The van der Waals surface area contributed by atoms with Crippen LogP contribution >= 0.6 is 0 Å². The van der Waals surface area contributed by atoms with Crippen LogP contribution in [-0.4, -0.2) is 55.0 Å². The van der Waals surface area contributed by atoms with E-state index in [0.717, 1.165) is 6.42 Å². The molecule has 0 radical (unpaired) electrons. The van der Waals surface area contributed by atoms with Crippen LogP contribution < -0.4 is 10.1 Å². The van der Waals surface area contributed by atoms with E-state index in [1.165, 1.54) is 10.5 Å². The summed E-state index contributed by atoms with van der Waals surface area (Å²) in [5, 5.41) is 2.73. The number of nitrogens with zero attached hydrogens (tertiary/aromatic N) is 1. The van der Waals surface area contributed by atoms with Crippen molar-refractivity contribution in [2.75, 3.05) is 26.3 Å². The number of benzene rings is 2. The lowest BCUT2D eigenvalue weighted by molar-refractivity contribution is -0.152. The SMILES string of the molecule is O=C(CC1C(=O)NCCN1C(=O)CCCc1ccccc1)OCCOc1ccccc1. The molecule has 1 fully saturated rings. The highest BCUT2D eigenvalue weighted by Gasteiger charge is 2.34. The number of rotatable bonds is 10. The quantitative estimate of drug-likeness (QED) is 0.468. The van der Waals surface area contributed by atoms with Gasteiger partial charge in [-0.15, -0.1) is 0 Å². The number of esters is 1. The maximum Gasteiger partial charge on any atom is 0.308 e. The van der Waals surface area contributed by atoms with Crippen LogP contribution in [0.4, 0.5) is 0 Å². The lowest BCUT2D eigenvalue weighted by Gasteiger charge is -2.34. The summed E-state index contributed by atoms with van der Waals surface area (Å²) in [6.45, 7) is 1.08. The molecule has 0 spiro atoms. The number of carbonyl (C=O) groups is 3. The largest absolute Gasteiger partial charge is 0.490 e. The zero-order valence-corrected chi connectivity index (χ0v) is 17.5. The van der Waals surface area contributed by atoms with E-state index in [1.54, 1.807) is 0 Å². The van der Waals surface area contributed by atoms with Crippen molar-refractivity contribution >= 4 is 17.8 Å². The molecular formula is C24H28N2O5. The van der Waals surface area contributed by atoms with Crippen LogP contribution in [0.2, 0.25) is 0 Å². The third-order valence-electron chi connectivity index (χ3n) is 5.07. The molecule has 2 aromatic rings. The van der Waals surface area contributed by atoms with Gasteiger partial charge in [-0.25, -0.2) is 0 Å². The molecule has 1 heterocycles. The van der Waals surface area contributed by atoms with E-state index in [9.17, 15) is 14.4 Å². The number of ether oxygens (including phenoxy) is 2. The second kappa shape index (κ2) is 11.7. The number of aryl methyl sites for hydroxylation is 1. The molecule has 0 bridgehead atoms. The van der Waals surface area contributed by atoms with Gasteiger partial charge in [-0.1, -0.05) is 48.5 Å².